The van der Waals surface area contributed by atoms with Crippen molar-refractivity contribution in [3.8, 4) is 11.8 Å². The van der Waals surface area contributed by atoms with Crippen molar-refractivity contribution >= 4 is 0 Å². The number of rotatable bonds is 3. The Morgan fingerprint density at radius 3 is 3.13 bits per heavy atom. The van der Waals surface area contributed by atoms with Crippen molar-refractivity contribution in [2.24, 2.45) is 0 Å². The SMILES string of the molecule is Cc1ncc(OCC2CCN2)cc1C#N. The van der Waals surface area contributed by atoms with E-state index in [-0.39, 0.29) is 0 Å². The van der Waals surface area contributed by atoms with Gasteiger partial charge in [0.05, 0.1) is 17.5 Å². The first kappa shape index (κ1) is 9.94. The summed E-state index contributed by atoms with van der Waals surface area (Å²) in [5.74, 6) is 0.672. The highest BCUT2D eigenvalue weighted by molar-refractivity contribution is 5.37. The largest absolute Gasteiger partial charge is 0.490 e. The molecule has 4 heteroatoms. The maximum Gasteiger partial charge on any atom is 0.139 e. The molecule has 1 N–H and O–H groups in total. The van der Waals surface area contributed by atoms with Gasteiger partial charge in [-0.05, 0) is 19.9 Å². The van der Waals surface area contributed by atoms with Crippen LogP contribution in [0.15, 0.2) is 12.3 Å². The first-order valence-electron chi connectivity index (χ1n) is 5.02. The van der Waals surface area contributed by atoms with Crippen LogP contribution in [0.25, 0.3) is 0 Å². The molecule has 0 bridgehead atoms. The Hall–Kier alpha value is -1.60. The molecule has 0 radical (unpaired) electrons. The lowest BCUT2D eigenvalue weighted by molar-refractivity contribution is 0.217. The highest BCUT2D eigenvalue weighted by atomic mass is 16.5. The number of nitrogens with zero attached hydrogens (tertiary/aromatic N) is 2. The Balaban J connectivity index is 1.99. The molecule has 1 aromatic rings. The molecular formula is C11H13N3O. The molecule has 1 aliphatic rings. The Morgan fingerprint density at radius 1 is 1.73 bits per heavy atom. The van der Waals surface area contributed by atoms with Gasteiger partial charge < -0.3 is 10.1 Å². The zero-order chi connectivity index (χ0) is 10.7. The topological polar surface area (TPSA) is 57.9 Å². The molecule has 2 heterocycles. The molecule has 78 valence electrons. The molecule has 4 nitrogen and oxygen atoms in total. The average Bonchev–Trinajstić information content (AvgIpc) is 2.18. The Kier molecular flexibility index (Phi) is 2.84. The van der Waals surface area contributed by atoms with E-state index in [1.54, 1.807) is 12.3 Å². The highest BCUT2D eigenvalue weighted by Crippen LogP contribution is 2.15. The number of ether oxygens (including phenoxy) is 1. The maximum absolute atomic E-state index is 8.82. The van der Waals surface area contributed by atoms with Crippen molar-refractivity contribution in [3.05, 3.63) is 23.5 Å². The second-order valence-electron chi connectivity index (χ2n) is 3.67. The third-order valence-electron chi connectivity index (χ3n) is 2.56. The van der Waals surface area contributed by atoms with Gasteiger partial charge in [0.2, 0.25) is 0 Å². The van der Waals surface area contributed by atoms with Crippen molar-refractivity contribution in [3.63, 3.8) is 0 Å². The van der Waals surface area contributed by atoms with Gasteiger partial charge in [0, 0.05) is 12.1 Å². The number of pyridine rings is 1. The lowest BCUT2D eigenvalue weighted by atomic mass is 10.1. The molecule has 1 fully saturated rings. The fourth-order valence-electron chi connectivity index (χ4n) is 1.39. The van der Waals surface area contributed by atoms with Crippen molar-refractivity contribution in [1.29, 1.82) is 5.26 Å². The summed E-state index contributed by atoms with van der Waals surface area (Å²) in [4.78, 5) is 4.10. The zero-order valence-corrected chi connectivity index (χ0v) is 8.66. The van der Waals surface area contributed by atoms with Gasteiger partial charge in [-0.1, -0.05) is 0 Å². The maximum atomic E-state index is 8.82. The van der Waals surface area contributed by atoms with Crippen LogP contribution in [0.3, 0.4) is 0 Å². The Bertz CT molecular complexity index is 393. The molecule has 0 saturated carbocycles. The predicted molar refractivity (Wildman–Crippen MR) is 55.6 cm³/mol. The minimum Gasteiger partial charge on any atom is -0.490 e. The molecular weight excluding hydrogens is 190 g/mol. The second kappa shape index (κ2) is 4.28. The van der Waals surface area contributed by atoms with E-state index >= 15 is 0 Å². The van der Waals surface area contributed by atoms with Crippen molar-refractivity contribution in [2.75, 3.05) is 13.2 Å². The van der Waals surface area contributed by atoms with Gasteiger partial charge in [0.1, 0.15) is 18.4 Å². The number of hydrogen-bond donors (Lipinski definition) is 1. The second-order valence-corrected chi connectivity index (χ2v) is 3.67. The lowest BCUT2D eigenvalue weighted by Gasteiger charge is -2.27. The van der Waals surface area contributed by atoms with E-state index in [1.807, 2.05) is 6.92 Å². The lowest BCUT2D eigenvalue weighted by Crippen LogP contribution is -2.46. The molecule has 0 amide bonds. The number of aromatic nitrogens is 1. The van der Waals surface area contributed by atoms with Crippen LogP contribution in [0.1, 0.15) is 17.7 Å². The quantitative estimate of drug-likeness (QED) is 0.796. The fourth-order valence-corrected chi connectivity index (χ4v) is 1.39. The van der Waals surface area contributed by atoms with E-state index in [0.29, 0.717) is 24.0 Å². The van der Waals surface area contributed by atoms with Crippen LogP contribution < -0.4 is 10.1 Å². The molecule has 1 aliphatic heterocycles. The van der Waals surface area contributed by atoms with Gasteiger partial charge in [-0.3, -0.25) is 4.98 Å². The first-order chi connectivity index (χ1) is 7.29. The highest BCUT2D eigenvalue weighted by Gasteiger charge is 2.16. The molecule has 15 heavy (non-hydrogen) atoms. The molecule has 1 unspecified atom stereocenters. The summed E-state index contributed by atoms with van der Waals surface area (Å²) in [6, 6.07) is 4.29. The summed E-state index contributed by atoms with van der Waals surface area (Å²) in [5, 5.41) is 12.1. The number of aryl methyl sites for hydroxylation is 1. The summed E-state index contributed by atoms with van der Waals surface area (Å²) in [6.07, 6.45) is 2.82. The Labute approximate surface area is 88.9 Å². The van der Waals surface area contributed by atoms with E-state index in [4.69, 9.17) is 10.00 Å². The molecule has 0 aromatic carbocycles. The third-order valence-corrected chi connectivity index (χ3v) is 2.56. The van der Waals surface area contributed by atoms with E-state index in [2.05, 4.69) is 16.4 Å². The van der Waals surface area contributed by atoms with Gasteiger partial charge >= 0.3 is 0 Å². The number of hydrogen-bond acceptors (Lipinski definition) is 4. The Morgan fingerprint density at radius 2 is 2.53 bits per heavy atom. The zero-order valence-electron chi connectivity index (χ0n) is 8.66. The van der Waals surface area contributed by atoms with Gasteiger partial charge in [-0.15, -0.1) is 0 Å². The minimum absolute atomic E-state index is 0.455. The van der Waals surface area contributed by atoms with E-state index < -0.39 is 0 Å². The number of nitriles is 1. The standard InChI is InChI=1S/C11H13N3O/c1-8-9(5-12)4-11(6-14-8)15-7-10-2-3-13-10/h4,6,10,13H,2-3,7H2,1H3. The molecule has 0 aliphatic carbocycles. The summed E-state index contributed by atoms with van der Waals surface area (Å²) in [7, 11) is 0. The first-order valence-corrected chi connectivity index (χ1v) is 5.02. The normalized spacial score (nSPS) is 19.1. The van der Waals surface area contributed by atoms with Crippen molar-refractivity contribution in [1.82, 2.24) is 10.3 Å². The van der Waals surface area contributed by atoms with Crippen LogP contribution in [0.4, 0.5) is 0 Å². The summed E-state index contributed by atoms with van der Waals surface area (Å²) < 4.78 is 5.53. The summed E-state index contributed by atoms with van der Waals surface area (Å²) in [5.41, 5.74) is 1.32. The van der Waals surface area contributed by atoms with Crippen LogP contribution in [0.2, 0.25) is 0 Å². The van der Waals surface area contributed by atoms with Crippen LogP contribution in [-0.2, 0) is 0 Å². The smallest absolute Gasteiger partial charge is 0.139 e. The van der Waals surface area contributed by atoms with Crippen LogP contribution in [0, 0.1) is 18.3 Å². The van der Waals surface area contributed by atoms with Gasteiger partial charge in [0.25, 0.3) is 0 Å². The summed E-state index contributed by atoms with van der Waals surface area (Å²) in [6.45, 7) is 3.54. The van der Waals surface area contributed by atoms with Crippen LogP contribution in [0.5, 0.6) is 5.75 Å². The van der Waals surface area contributed by atoms with Crippen molar-refractivity contribution in [2.45, 2.75) is 19.4 Å². The van der Waals surface area contributed by atoms with Crippen LogP contribution in [-0.4, -0.2) is 24.2 Å². The fraction of sp³-hybridized carbons (Fsp3) is 0.455. The number of nitrogens with one attached hydrogen (secondary N) is 1. The summed E-state index contributed by atoms with van der Waals surface area (Å²) >= 11 is 0. The minimum atomic E-state index is 0.455. The van der Waals surface area contributed by atoms with E-state index in [0.717, 1.165) is 18.7 Å². The van der Waals surface area contributed by atoms with E-state index in [9.17, 15) is 0 Å². The predicted octanol–water partition coefficient (Wildman–Crippen LogP) is 1.00. The van der Waals surface area contributed by atoms with Gasteiger partial charge in [0.15, 0.2) is 0 Å². The molecule has 0 spiro atoms. The van der Waals surface area contributed by atoms with Crippen molar-refractivity contribution < 1.29 is 4.74 Å². The van der Waals surface area contributed by atoms with Gasteiger partial charge in [-0.25, -0.2) is 0 Å². The molecule has 1 aromatic heterocycles. The molecule has 1 atom stereocenters. The average molecular weight is 203 g/mol. The third kappa shape index (κ3) is 2.25. The molecule has 2 rings (SSSR count). The monoisotopic (exact) mass is 203 g/mol. The van der Waals surface area contributed by atoms with Crippen LogP contribution >= 0.6 is 0 Å². The molecule has 1 saturated heterocycles. The van der Waals surface area contributed by atoms with E-state index in [1.165, 1.54) is 0 Å². The van der Waals surface area contributed by atoms with Gasteiger partial charge in [-0.2, -0.15) is 5.26 Å².